The predicted molar refractivity (Wildman–Crippen MR) is 129 cm³/mol. The monoisotopic (exact) mass is 484 g/mol. The first-order valence-corrected chi connectivity index (χ1v) is 13.3. The van der Waals surface area contributed by atoms with Gasteiger partial charge in [-0.05, 0) is 42.5 Å². The van der Waals surface area contributed by atoms with Gasteiger partial charge in [-0.1, -0.05) is 42.5 Å². The Morgan fingerprint density at radius 1 is 1.06 bits per heavy atom. The molecular weight excluding hydrogens is 456 g/mol. The first-order chi connectivity index (χ1) is 16.0. The number of carbonyl (C=O) groups is 1. The fourth-order valence-corrected chi connectivity index (χ4v) is 6.47. The second kappa shape index (κ2) is 10.5. The van der Waals surface area contributed by atoms with E-state index in [9.17, 15) is 13.2 Å². The van der Waals surface area contributed by atoms with Gasteiger partial charge in [-0.15, -0.1) is 11.3 Å². The van der Waals surface area contributed by atoms with Gasteiger partial charge in [-0.2, -0.15) is 4.31 Å². The van der Waals surface area contributed by atoms with Crippen LogP contribution in [-0.2, 0) is 27.9 Å². The molecule has 2 heterocycles. The van der Waals surface area contributed by atoms with E-state index < -0.39 is 10.0 Å². The summed E-state index contributed by atoms with van der Waals surface area (Å²) in [4.78, 5) is 16.9. The predicted octanol–water partition coefficient (Wildman–Crippen LogP) is 4.39. The van der Waals surface area contributed by atoms with Crippen molar-refractivity contribution in [2.45, 2.75) is 30.8 Å². The third-order valence-electron chi connectivity index (χ3n) is 5.91. The van der Waals surface area contributed by atoms with E-state index in [2.05, 4.69) is 0 Å². The molecule has 0 saturated carbocycles. The Bertz CT molecular complexity index is 1160. The van der Waals surface area contributed by atoms with Crippen molar-refractivity contribution in [1.82, 2.24) is 9.21 Å². The van der Waals surface area contributed by atoms with E-state index >= 15 is 0 Å². The lowest BCUT2D eigenvalue weighted by Gasteiger charge is -2.34. The van der Waals surface area contributed by atoms with Gasteiger partial charge in [0.25, 0.3) is 0 Å². The minimum absolute atomic E-state index is 0.0257. The van der Waals surface area contributed by atoms with Gasteiger partial charge in [-0.3, -0.25) is 4.79 Å². The third kappa shape index (κ3) is 5.46. The van der Waals surface area contributed by atoms with E-state index in [4.69, 9.17) is 4.74 Å². The number of hydrogen-bond donors (Lipinski definition) is 0. The van der Waals surface area contributed by atoms with Crippen LogP contribution in [0.5, 0.6) is 5.75 Å². The van der Waals surface area contributed by atoms with Crippen LogP contribution in [0.2, 0.25) is 0 Å². The van der Waals surface area contributed by atoms with E-state index in [0.717, 1.165) is 16.2 Å². The molecule has 174 valence electrons. The summed E-state index contributed by atoms with van der Waals surface area (Å²) in [5, 5.41) is 2.00. The fourth-order valence-electron chi connectivity index (χ4n) is 4.20. The maximum absolute atomic E-state index is 13.7. The number of hydrogen-bond acceptors (Lipinski definition) is 5. The summed E-state index contributed by atoms with van der Waals surface area (Å²) >= 11 is 1.61. The molecule has 0 aliphatic carbocycles. The number of carbonyl (C=O) groups excluding carboxylic acids is 1. The van der Waals surface area contributed by atoms with Crippen LogP contribution in [-0.4, -0.2) is 43.7 Å². The molecule has 1 amide bonds. The zero-order valence-electron chi connectivity index (χ0n) is 18.6. The van der Waals surface area contributed by atoms with Crippen molar-refractivity contribution in [3.63, 3.8) is 0 Å². The Balaban J connectivity index is 1.56. The molecule has 6 nitrogen and oxygen atoms in total. The van der Waals surface area contributed by atoms with Gasteiger partial charge in [0.05, 0.1) is 24.5 Å². The normalized spacial score (nSPS) is 16.9. The van der Waals surface area contributed by atoms with Crippen molar-refractivity contribution in [2.75, 3.05) is 20.2 Å². The number of para-hydroxylation sites is 1. The molecule has 33 heavy (non-hydrogen) atoms. The highest BCUT2D eigenvalue weighted by Crippen LogP contribution is 2.28. The molecule has 1 aromatic heterocycles. The molecule has 4 rings (SSSR count). The van der Waals surface area contributed by atoms with E-state index in [1.165, 1.54) is 4.31 Å². The highest BCUT2D eigenvalue weighted by molar-refractivity contribution is 7.89. The van der Waals surface area contributed by atoms with Crippen molar-refractivity contribution < 1.29 is 17.9 Å². The van der Waals surface area contributed by atoms with Crippen molar-refractivity contribution >= 4 is 27.3 Å². The van der Waals surface area contributed by atoms with Crippen LogP contribution in [0.25, 0.3) is 0 Å². The molecule has 1 aliphatic heterocycles. The van der Waals surface area contributed by atoms with Crippen molar-refractivity contribution in [3.05, 3.63) is 82.6 Å². The average Bonchev–Trinajstić information content (AvgIpc) is 3.37. The summed E-state index contributed by atoms with van der Waals surface area (Å²) in [6.07, 6.45) is 1.33. The molecule has 0 radical (unpaired) electrons. The van der Waals surface area contributed by atoms with Crippen molar-refractivity contribution in [1.29, 1.82) is 0 Å². The smallest absolute Gasteiger partial charge is 0.243 e. The van der Waals surface area contributed by atoms with Crippen LogP contribution < -0.4 is 4.74 Å². The first-order valence-electron chi connectivity index (χ1n) is 11.0. The minimum atomic E-state index is -3.63. The lowest BCUT2D eigenvalue weighted by Crippen LogP contribution is -2.46. The van der Waals surface area contributed by atoms with Crippen LogP contribution in [0.3, 0.4) is 0 Å². The van der Waals surface area contributed by atoms with E-state index in [1.54, 1.807) is 48.8 Å². The zero-order chi connectivity index (χ0) is 23.3. The van der Waals surface area contributed by atoms with Crippen LogP contribution >= 0.6 is 11.3 Å². The van der Waals surface area contributed by atoms with Gasteiger partial charge >= 0.3 is 0 Å². The van der Waals surface area contributed by atoms with Crippen LogP contribution in [0.1, 0.15) is 23.3 Å². The molecule has 1 saturated heterocycles. The minimum Gasteiger partial charge on any atom is -0.496 e. The molecule has 1 fully saturated rings. The number of rotatable bonds is 8. The molecule has 2 aromatic carbocycles. The lowest BCUT2D eigenvalue weighted by molar-refractivity contribution is -0.138. The van der Waals surface area contributed by atoms with Gasteiger partial charge in [0.15, 0.2) is 0 Å². The van der Waals surface area contributed by atoms with E-state index in [1.807, 2.05) is 46.7 Å². The Labute approximate surface area is 199 Å². The number of piperidine rings is 1. The summed E-state index contributed by atoms with van der Waals surface area (Å²) in [6, 6.07) is 20.1. The summed E-state index contributed by atoms with van der Waals surface area (Å²) in [5.74, 6) is 0.326. The molecule has 1 atom stereocenters. The SMILES string of the molecule is COc1ccccc1CN(Cc1cccs1)C(=O)C1CCCN(S(=O)(=O)c2ccccc2)C1. The van der Waals surface area contributed by atoms with Crippen molar-refractivity contribution in [3.8, 4) is 5.75 Å². The Morgan fingerprint density at radius 3 is 2.55 bits per heavy atom. The standard InChI is InChI=1S/C25H28N2O4S2/c1-31-24-14-6-5-9-20(24)17-26(19-22-11-8-16-32-22)25(28)21-10-7-15-27(18-21)33(29,30)23-12-3-2-4-13-23/h2-6,8-9,11-14,16,21H,7,10,15,17-19H2,1H3. The molecule has 1 aliphatic rings. The van der Waals surface area contributed by atoms with Gasteiger partial charge < -0.3 is 9.64 Å². The molecule has 0 spiro atoms. The largest absolute Gasteiger partial charge is 0.496 e. The Kier molecular flexibility index (Phi) is 7.47. The van der Waals surface area contributed by atoms with Crippen LogP contribution in [0.4, 0.5) is 0 Å². The molecule has 0 bridgehead atoms. The average molecular weight is 485 g/mol. The number of amides is 1. The third-order valence-corrected chi connectivity index (χ3v) is 8.65. The highest BCUT2D eigenvalue weighted by atomic mass is 32.2. The summed E-state index contributed by atoms with van der Waals surface area (Å²) < 4.78 is 33.2. The van der Waals surface area contributed by atoms with Gasteiger partial charge in [-0.25, -0.2) is 8.42 Å². The first kappa shape index (κ1) is 23.5. The molecule has 3 aromatic rings. The topological polar surface area (TPSA) is 66.9 Å². The van der Waals surface area contributed by atoms with E-state index in [-0.39, 0.29) is 23.3 Å². The van der Waals surface area contributed by atoms with Gasteiger partial charge in [0.2, 0.25) is 15.9 Å². The Morgan fingerprint density at radius 2 is 1.82 bits per heavy atom. The van der Waals surface area contributed by atoms with Crippen LogP contribution in [0.15, 0.2) is 77.0 Å². The Hall–Kier alpha value is -2.68. The number of thiophene rings is 1. The zero-order valence-corrected chi connectivity index (χ0v) is 20.2. The highest BCUT2D eigenvalue weighted by Gasteiger charge is 2.35. The number of sulfonamides is 1. The van der Waals surface area contributed by atoms with Crippen LogP contribution in [0, 0.1) is 5.92 Å². The number of nitrogens with zero attached hydrogens (tertiary/aromatic N) is 2. The molecule has 1 unspecified atom stereocenters. The fraction of sp³-hybridized carbons (Fsp3) is 0.320. The van der Waals surface area contributed by atoms with Crippen molar-refractivity contribution in [2.24, 2.45) is 5.92 Å². The maximum atomic E-state index is 13.7. The summed E-state index contributed by atoms with van der Waals surface area (Å²) in [6.45, 7) is 1.51. The quantitative estimate of drug-likeness (QED) is 0.476. The number of methoxy groups -OCH3 is 1. The van der Waals surface area contributed by atoms with Gasteiger partial charge in [0, 0.05) is 30.1 Å². The second-order valence-electron chi connectivity index (χ2n) is 8.10. The number of benzene rings is 2. The second-order valence-corrected chi connectivity index (χ2v) is 11.1. The summed E-state index contributed by atoms with van der Waals surface area (Å²) in [5.41, 5.74) is 0.925. The lowest BCUT2D eigenvalue weighted by atomic mass is 9.97. The van der Waals surface area contributed by atoms with E-state index in [0.29, 0.717) is 32.5 Å². The molecular formula is C25H28N2O4S2. The maximum Gasteiger partial charge on any atom is 0.243 e. The molecule has 0 N–H and O–H groups in total. The number of ether oxygens (including phenoxy) is 1. The summed E-state index contributed by atoms with van der Waals surface area (Å²) in [7, 11) is -2.01. The molecule has 8 heteroatoms. The van der Waals surface area contributed by atoms with Gasteiger partial charge in [0.1, 0.15) is 5.75 Å².